The quantitative estimate of drug-likeness (QED) is 0.709. The lowest BCUT2D eigenvalue weighted by atomic mass is 10.2. The number of rotatable bonds is 8. The largest absolute Gasteiger partial charge is 0.379 e. The molecule has 21 heavy (non-hydrogen) atoms. The first-order chi connectivity index (χ1) is 9.88. The van der Waals surface area contributed by atoms with Gasteiger partial charge < -0.3 is 9.64 Å². The number of nitriles is 1. The first-order valence-electron chi connectivity index (χ1n) is 6.29. The first-order valence-corrected chi connectivity index (χ1v) is 7.77. The summed E-state index contributed by atoms with van der Waals surface area (Å²) in [5.74, 6) is -0.859. The minimum atomic E-state index is -3.93. The summed E-state index contributed by atoms with van der Waals surface area (Å²) in [6, 6.07) is 5.05. The molecule has 6 nitrogen and oxygen atoms in total. The molecule has 0 bridgehead atoms. The molecule has 116 valence electrons. The highest BCUT2D eigenvalue weighted by Crippen LogP contribution is 2.17. The highest BCUT2D eigenvalue weighted by atomic mass is 32.2. The molecule has 8 heteroatoms. The average Bonchev–Trinajstić information content (AvgIpc) is 2.42. The van der Waals surface area contributed by atoms with E-state index in [1.165, 1.54) is 12.1 Å². The van der Waals surface area contributed by atoms with Gasteiger partial charge in [-0.05, 0) is 26.2 Å². The Bertz CT molecular complexity index is 612. The van der Waals surface area contributed by atoms with Crippen LogP contribution in [0.4, 0.5) is 4.39 Å². The fraction of sp³-hybridized carbons (Fsp3) is 0.462. The molecule has 0 atom stereocenters. The van der Waals surface area contributed by atoms with Crippen molar-refractivity contribution >= 4 is 10.0 Å². The third-order valence-electron chi connectivity index (χ3n) is 2.60. The van der Waals surface area contributed by atoms with Gasteiger partial charge in [-0.2, -0.15) is 5.26 Å². The van der Waals surface area contributed by atoms with Gasteiger partial charge >= 0.3 is 0 Å². The van der Waals surface area contributed by atoms with Gasteiger partial charge in [-0.15, -0.1) is 0 Å². The van der Waals surface area contributed by atoms with E-state index in [4.69, 9.17) is 10.00 Å². The lowest BCUT2D eigenvalue weighted by Gasteiger charge is -2.11. The van der Waals surface area contributed by atoms with Crippen LogP contribution in [0.5, 0.6) is 0 Å². The van der Waals surface area contributed by atoms with Crippen molar-refractivity contribution in [2.75, 3.05) is 40.4 Å². The molecule has 0 heterocycles. The Kier molecular flexibility index (Phi) is 6.71. The summed E-state index contributed by atoms with van der Waals surface area (Å²) in [6.07, 6.45) is 0. The number of benzene rings is 1. The molecule has 1 aromatic carbocycles. The molecule has 0 spiro atoms. The van der Waals surface area contributed by atoms with E-state index in [1.54, 1.807) is 6.07 Å². The highest BCUT2D eigenvalue weighted by Gasteiger charge is 2.20. The van der Waals surface area contributed by atoms with Gasteiger partial charge in [-0.25, -0.2) is 17.5 Å². The van der Waals surface area contributed by atoms with Gasteiger partial charge in [0.05, 0.1) is 13.2 Å². The Morgan fingerprint density at radius 2 is 2.10 bits per heavy atom. The Balaban J connectivity index is 2.59. The van der Waals surface area contributed by atoms with E-state index in [1.807, 2.05) is 19.0 Å². The summed E-state index contributed by atoms with van der Waals surface area (Å²) < 4.78 is 45.0. The lowest BCUT2D eigenvalue weighted by Crippen LogP contribution is -2.29. The average molecular weight is 315 g/mol. The van der Waals surface area contributed by atoms with Gasteiger partial charge in [0.2, 0.25) is 10.0 Å². The molecule has 0 amide bonds. The van der Waals surface area contributed by atoms with Gasteiger partial charge in [0.1, 0.15) is 22.3 Å². The van der Waals surface area contributed by atoms with Gasteiger partial charge in [0.15, 0.2) is 0 Å². The second kappa shape index (κ2) is 8.05. The molecule has 0 saturated carbocycles. The van der Waals surface area contributed by atoms with Crippen LogP contribution in [0, 0.1) is 17.1 Å². The predicted octanol–water partition coefficient (Wildman–Crippen LogP) is 0.554. The maximum Gasteiger partial charge on any atom is 0.242 e. The third kappa shape index (κ3) is 5.40. The molecular weight excluding hydrogens is 297 g/mol. The molecule has 1 aromatic rings. The standard InChI is InChI=1S/C13H18FN3O3S/c1-17(2)7-9-20-8-6-16-21(18,19)13-5-3-4-12(14)11(13)10-15/h3-5,16H,6-9H2,1-2H3. The van der Waals surface area contributed by atoms with Crippen molar-refractivity contribution in [3.8, 4) is 6.07 Å². The van der Waals surface area contributed by atoms with Crippen molar-refractivity contribution in [1.29, 1.82) is 5.26 Å². The van der Waals surface area contributed by atoms with Crippen molar-refractivity contribution < 1.29 is 17.5 Å². The molecule has 0 aliphatic rings. The Morgan fingerprint density at radius 1 is 1.38 bits per heavy atom. The van der Waals surface area contributed by atoms with Crippen LogP contribution in [-0.2, 0) is 14.8 Å². The number of ether oxygens (including phenoxy) is 1. The van der Waals surface area contributed by atoms with Crippen LogP contribution in [0.2, 0.25) is 0 Å². The molecule has 1 rings (SSSR count). The maximum atomic E-state index is 13.4. The van der Waals surface area contributed by atoms with Gasteiger partial charge in [-0.1, -0.05) is 6.07 Å². The molecule has 1 N–H and O–H groups in total. The second-order valence-electron chi connectivity index (χ2n) is 4.54. The molecule has 0 unspecified atom stereocenters. The van der Waals surface area contributed by atoms with E-state index in [-0.39, 0.29) is 18.0 Å². The van der Waals surface area contributed by atoms with E-state index in [2.05, 4.69) is 4.72 Å². The van der Waals surface area contributed by atoms with Crippen LogP contribution in [0.1, 0.15) is 5.56 Å². The summed E-state index contributed by atoms with van der Waals surface area (Å²) in [7, 11) is -0.128. The number of nitrogens with one attached hydrogen (secondary N) is 1. The van der Waals surface area contributed by atoms with Crippen molar-refractivity contribution in [2.24, 2.45) is 0 Å². The van der Waals surface area contributed by atoms with Crippen molar-refractivity contribution in [2.45, 2.75) is 4.90 Å². The molecule has 0 aliphatic heterocycles. The zero-order valence-corrected chi connectivity index (χ0v) is 12.8. The third-order valence-corrected chi connectivity index (χ3v) is 4.10. The molecule has 0 saturated heterocycles. The van der Waals surface area contributed by atoms with Crippen LogP contribution < -0.4 is 4.72 Å². The predicted molar refractivity (Wildman–Crippen MR) is 75.7 cm³/mol. The van der Waals surface area contributed by atoms with Crippen LogP contribution >= 0.6 is 0 Å². The second-order valence-corrected chi connectivity index (χ2v) is 6.27. The molecule has 0 aromatic heterocycles. The van der Waals surface area contributed by atoms with Crippen LogP contribution in [-0.4, -0.2) is 53.7 Å². The summed E-state index contributed by atoms with van der Waals surface area (Å²) in [5, 5.41) is 8.84. The SMILES string of the molecule is CN(C)CCOCCNS(=O)(=O)c1cccc(F)c1C#N. The lowest BCUT2D eigenvalue weighted by molar-refractivity contribution is 0.122. The number of nitrogens with zero attached hydrogens (tertiary/aromatic N) is 2. The van der Waals surface area contributed by atoms with Gasteiger partial charge in [0, 0.05) is 13.1 Å². The highest BCUT2D eigenvalue weighted by molar-refractivity contribution is 7.89. The number of hydrogen-bond donors (Lipinski definition) is 1. The smallest absolute Gasteiger partial charge is 0.242 e. The van der Waals surface area contributed by atoms with Crippen molar-refractivity contribution in [3.63, 3.8) is 0 Å². The van der Waals surface area contributed by atoms with E-state index in [9.17, 15) is 12.8 Å². The molecule has 0 radical (unpaired) electrons. The molecule has 0 fully saturated rings. The number of sulfonamides is 1. The minimum Gasteiger partial charge on any atom is -0.379 e. The van der Waals surface area contributed by atoms with Crippen molar-refractivity contribution in [3.05, 3.63) is 29.6 Å². The monoisotopic (exact) mass is 315 g/mol. The van der Waals surface area contributed by atoms with Gasteiger partial charge in [0.25, 0.3) is 0 Å². The number of halogens is 1. The zero-order valence-electron chi connectivity index (χ0n) is 12.0. The Hall–Kier alpha value is -1.53. The van der Waals surface area contributed by atoms with Crippen molar-refractivity contribution in [1.82, 2.24) is 9.62 Å². The summed E-state index contributed by atoms with van der Waals surface area (Å²) in [4.78, 5) is 1.58. The summed E-state index contributed by atoms with van der Waals surface area (Å²) in [6.45, 7) is 1.47. The fourth-order valence-electron chi connectivity index (χ4n) is 1.51. The number of likely N-dealkylation sites (N-methyl/N-ethyl adjacent to an activating group) is 1. The first kappa shape index (κ1) is 17.5. The van der Waals surface area contributed by atoms with E-state index in [0.29, 0.717) is 6.61 Å². The van der Waals surface area contributed by atoms with Crippen LogP contribution in [0.3, 0.4) is 0 Å². The normalized spacial score (nSPS) is 11.6. The van der Waals surface area contributed by atoms with E-state index >= 15 is 0 Å². The maximum absolute atomic E-state index is 13.4. The zero-order chi connectivity index (χ0) is 15.9. The Labute approximate surface area is 124 Å². The Morgan fingerprint density at radius 3 is 2.71 bits per heavy atom. The number of hydrogen-bond acceptors (Lipinski definition) is 5. The van der Waals surface area contributed by atoms with Crippen LogP contribution in [0.25, 0.3) is 0 Å². The van der Waals surface area contributed by atoms with Gasteiger partial charge in [-0.3, -0.25) is 0 Å². The fourth-order valence-corrected chi connectivity index (χ4v) is 2.69. The molecule has 0 aliphatic carbocycles. The van der Waals surface area contributed by atoms with E-state index in [0.717, 1.165) is 12.6 Å². The summed E-state index contributed by atoms with van der Waals surface area (Å²) in [5.41, 5.74) is -0.487. The van der Waals surface area contributed by atoms with E-state index < -0.39 is 21.4 Å². The summed E-state index contributed by atoms with van der Waals surface area (Å²) >= 11 is 0. The molecular formula is C13H18FN3O3S. The van der Waals surface area contributed by atoms with Crippen LogP contribution in [0.15, 0.2) is 23.1 Å². The topological polar surface area (TPSA) is 82.4 Å². The minimum absolute atomic E-state index is 0.0527.